The lowest BCUT2D eigenvalue weighted by Gasteiger charge is -2.33. The molecule has 1 saturated heterocycles. The minimum absolute atomic E-state index is 0.101. The second-order valence-corrected chi connectivity index (χ2v) is 4.88. The molecule has 1 N–H and O–H groups in total. The van der Waals surface area contributed by atoms with Crippen LogP contribution in [0.15, 0.2) is 18.2 Å². The lowest BCUT2D eigenvalue weighted by Crippen LogP contribution is -2.39. The molecule has 4 nitrogen and oxygen atoms in total. The van der Waals surface area contributed by atoms with E-state index in [-0.39, 0.29) is 18.3 Å². The van der Waals surface area contributed by atoms with E-state index in [1.807, 2.05) is 4.90 Å². The summed E-state index contributed by atoms with van der Waals surface area (Å²) in [5.41, 5.74) is 0.739. The van der Waals surface area contributed by atoms with E-state index in [1.165, 1.54) is 12.1 Å². The van der Waals surface area contributed by atoms with Crippen molar-refractivity contribution in [3.8, 4) is 0 Å². The van der Waals surface area contributed by atoms with Gasteiger partial charge >= 0.3 is 5.97 Å². The fourth-order valence-electron chi connectivity index (χ4n) is 2.11. The Balaban J connectivity index is 2.02. The number of benzene rings is 1. The van der Waals surface area contributed by atoms with Gasteiger partial charge in [0.1, 0.15) is 5.82 Å². The van der Waals surface area contributed by atoms with E-state index in [0.29, 0.717) is 31.3 Å². The molecular formula is C13H15ClFNO3. The van der Waals surface area contributed by atoms with Gasteiger partial charge in [0, 0.05) is 30.2 Å². The number of carboxylic acid groups (broad SMARTS) is 1. The fraction of sp³-hybridized carbons (Fsp3) is 0.462. The maximum absolute atomic E-state index is 13.0. The largest absolute Gasteiger partial charge is 0.481 e. The Kier molecular flexibility index (Phi) is 4.74. The molecule has 0 bridgehead atoms. The molecule has 0 radical (unpaired) electrons. The van der Waals surface area contributed by atoms with Crippen LogP contribution in [0.4, 0.5) is 4.39 Å². The summed E-state index contributed by atoms with van der Waals surface area (Å²) >= 11 is 6.01. The Bertz CT molecular complexity index is 469. The van der Waals surface area contributed by atoms with Gasteiger partial charge in [0.05, 0.1) is 19.1 Å². The normalized spacial score (nSPS) is 20.4. The molecule has 2 rings (SSSR count). The Morgan fingerprint density at radius 2 is 2.37 bits per heavy atom. The molecule has 19 heavy (non-hydrogen) atoms. The van der Waals surface area contributed by atoms with Crippen LogP contribution in [-0.4, -0.2) is 42.2 Å². The molecule has 0 amide bonds. The van der Waals surface area contributed by atoms with Crippen molar-refractivity contribution in [2.75, 3.05) is 26.2 Å². The maximum Gasteiger partial charge on any atom is 0.304 e. The summed E-state index contributed by atoms with van der Waals surface area (Å²) in [4.78, 5) is 12.6. The maximum atomic E-state index is 13.0. The van der Waals surface area contributed by atoms with E-state index in [4.69, 9.17) is 21.4 Å². The molecule has 1 unspecified atom stereocenters. The lowest BCUT2D eigenvalue weighted by atomic mass is 10.1. The van der Waals surface area contributed by atoms with Crippen molar-refractivity contribution in [3.05, 3.63) is 34.6 Å². The highest BCUT2D eigenvalue weighted by molar-refractivity contribution is 6.31. The summed E-state index contributed by atoms with van der Waals surface area (Å²) in [7, 11) is 0. The lowest BCUT2D eigenvalue weighted by molar-refractivity contribution is -0.137. The van der Waals surface area contributed by atoms with E-state index in [1.54, 1.807) is 6.07 Å². The number of aliphatic carboxylic acids is 1. The van der Waals surface area contributed by atoms with Gasteiger partial charge in [-0.1, -0.05) is 17.7 Å². The van der Waals surface area contributed by atoms with E-state index in [2.05, 4.69) is 0 Å². The molecule has 1 fully saturated rings. The van der Waals surface area contributed by atoms with Gasteiger partial charge in [0.2, 0.25) is 0 Å². The topological polar surface area (TPSA) is 49.8 Å². The van der Waals surface area contributed by atoms with Crippen LogP contribution in [0.25, 0.3) is 0 Å². The molecule has 6 heteroatoms. The highest BCUT2D eigenvalue weighted by atomic mass is 35.5. The minimum Gasteiger partial charge on any atom is -0.481 e. The summed E-state index contributed by atoms with van der Waals surface area (Å²) in [6.07, 6.45) is -0.139. The van der Waals surface area contributed by atoms with Gasteiger partial charge in [0.25, 0.3) is 0 Å². The molecule has 1 atom stereocenters. The van der Waals surface area contributed by atoms with Gasteiger partial charge < -0.3 is 9.84 Å². The Morgan fingerprint density at radius 3 is 3.05 bits per heavy atom. The number of hydrogen-bond donors (Lipinski definition) is 1. The SMILES string of the molecule is O=C(O)CCN1CCOC(c2ccc(F)cc2Cl)C1. The third kappa shape index (κ3) is 3.89. The second-order valence-electron chi connectivity index (χ2n) is 4.47. The molecule has 104 valence electrons. The van der Waals surface area contributed by atoms with Crippen molar-refractivity contribution >= 4 is 17.6 Å². The van der Waals surface area contributed by atoms with Crippen molar-refractivity contribution < 1.29 is 19.0 Å². The first kappa shape index (κ1) is 14.2. The van der Waals surface area contributed by atoms with Crippen molar-refractivity contribution in [2.45, 2.75) is 12.5 Å². The van der Waals surface area contributed by atoms with Crippen LogP contribution in [0, 0.1) is 5.82 Å². The van der Waals surface area contributed by atoms with E-state index in [9.17, 15) is 9.18 Å². The minimum atomic E-state index is -0.817. The number of carbonyl (C=O) groups is 1. The molecular weight excluding hydrogens is 273 g/mol. The average molecular weight is 288 g/mol. The van der Waals surface area contributed by atoms with Crippen LogP contribution in [0.3, 0.4) is 0 Å². The number of nitrogens with zero attached hydrogens (tertiary/aromatic N) is 1. The molecule has 0 aromatic heterocycles. The first-order chi connectivity index (χ1) is 9.06. The Labute approximate surface area is 115 Å². The van der Waals surface area contributed by atoms with Gasteiger partial charge in [-0.2, -0.15) is 0 Å². The van der Waals surface area contributed by atoms with E-state index in [0.717, 1.165) is 5.56 Å². The summed E-state index contributed by atoms with van der Waals surface area (Å²) in [5, 5.41) is 9.02. The van der Waals surface area contributed by atoms with Gasteiger partial charge in [0.15, 0.2) is 0 Å². The van der Waals surface area contributed by atoms with Crippen molar-refractivity contribution in [1.29, 1.82) is 0 Å². The van der Waals surface area contributed by atoms with Crippen molar-refractivity contribution in [3.63, 3.8) is 0 Å². The van der Waals surface area contributed by atoms with E-state index >= 15 is 0 Å². The van der Waals surface area contributed by atoms with Crippen LogP contribution in [0.5, 0.6) is 0 Å². The predicted molar refractivity (Wildman–Crippen MR) is 68.8 cm³/mol. The van der Waals surface area contributed by atoms with Crippen LogP contribution >= 0.6 is 11.6 Å². The molecule has 1 aromatic rings. The molecule has 1 aliphatic rings. The zero-order chi connectivity index (χ0) is 13.8. The van der Waals surface area contributed by atoms with Crippen LogP contribution in [0.2, 0.25) is 5.02 Å². The number of morpholine rings is 1. The second kappa shape index (κ2) is 6.32. The van der Waals surface area contributed by atoms with Crippen LogP contribution in [-0.2, 0) is 9.53 Å². The van der Waals surface area contributed by atoms with Crippen molar-refractivity contribution in [2.24, 2.45) is 0 Å². The van der Waals surface area contributed by atoms with Crippen LogP contribution < -0.4 is 0 Å². The number of ether oxygens (including phenoxy) is 1. The van der Waals surface area contributed by atoms with Gasteiger partial charge in [-0.15, -0.1) is 0 Å². The van der Waals surface area contributed by atoms with Gasteiger partial charge in [-0.05, 0) is 12.1 Å². The number of hydrogen-bond acceptors (Lipinski definition) is 3. The smallest absolute Gasteiger partial charge is 0.304 e. The summed E-state index contributed by atoms with van der Waals surface area (Å²) < 4.78 is 18.6. The molecule has 1 heterocycles. The number of carboxylic acids is 1. The van der Waals surface area contributed by atoms with Crippen molar-refractivity contribution in [1.82, 2.24) is 4.90 Å². The third-order valence-corrected chi connectivity index (χ3v) is 3.43. The zero-order valence-corrected chi connectivity index (χ0v) is 11.1. The first-order valence-electron chi connectivity index (χ1n) is 6.07. The zero-order valence-electron chi connectivity index (χ0n) is 10.3. The molecule has 0 aliphatic carbocycles. The number of halogens is 2. The summed E-state index contributed by atoms with van der Waals surface area (Å²) in [5.74, 6) is -1.20. The van der Waals surface area contributed by atoms with Gasteiger partial charge in [-0.3, -0.25) is 9.69 Å². The predicted octanol–water partition coefficient (Wildman–Crippen LogP) is 2.33. The standard InChI is InChI=1S/C13H15ClFNO3/c14-11-7-9(15)1-2-10(11)12-8-16(5-6-19-12)4-3-13(17)18/h1-2,7,12H,3-6,8H2,(H,17,18). The fourth-order valence-corrected chi connectivity index (χ4v) is 2.40. The first-order valence-corrected chi connectivity index (χ1v) is 6.45. The number of rotatable bonds is 4. The van der Waals surface area contributed by atoms with E-state index < -0.39 is 5.97 Å². The van der Waals surface area contributed by atoms with Crippen LogP contribution in [0.1, 0.15) is 18.1 Å². The summed E-state index contributed by atoms with van der Waals surface area (Å²) in [6.45, 7) is 2.26. The third-order valence-electron chi connectivity index (χ3n) is 3.10. The highest BCUT2D eigenvalue weighted by Gasteiger charge is 2.24. The molecule has 0 saturated carbocycles. The molecule has 1 aromatic carbocycles. The molecule has 0 spiro atoms. The Hall–Kier alpha value is -1.17. The summed E-state index contributed by atoms with van der Waals surface area (Å²) in [6, 6.07) is 4.22. The quantitative estimate of drug-likeness (QED) is 0.923. The van der Waals surface area contributed by atoms with Gasteiger partial charge in [-0.25, -0.2) is 4.39 Å². The Morgan fingerprint density at radius 1 is 1.58 bits per heavy atom. The highest BCUT2D eigenvalue weighted by Crippen LogP contribution is 2.29. The average Bonchev–Trinajstić information content (AvgIpc) is 2.36. The monoisotopic (exact) mass is 287 g/mol. The molecule has 1 aliphatic heterocycles.